The summed E-state index contributed by atoms with van der Waals surface area (Å²) in [6.45, 7) is 2.72. The largest absolute Gasteiger partial charge is 0.492 e. The average Bonchev–Trinajstić information content (AvgIpc) is 2.47. The van der Waals surface area contributed by atoms with E-state index in [0.717, 1.165) is 23.4 Å². The molecule has 2 rings (SSSR count). The zero-order valence-electron chi connectivity index (χ0n) is 10.8. The molecule has 6 nitrogen and oxygen atoms in total. The first-order valence-corrected chi connectivity index (χ1v) is 6.15. The Morgan fingerprint density at radius 2 is 2.16 bits per heavy atom. The molecular weight excluding hydrogens is 242 g/mol. The highest BCUT2D eigenvalue weighted by Gasteiger charge is 2.15. The Balaban J connectivity index is 2.23. The van der Waals surface area contributed by atoms with Crippen LogP contribution in [0.4, 0.5) is 0 Å². The summed E-state index contributed by atoms with van der Waals surface area (Å²) in [6, 6.07) is 1.65. The predicted octanol–water partition coefficient (Wildman–Crippen LogP) is 1.21. The van der Waals surface area contributed by atoms with Gasteiger partial charge in [0.1, 0.15) is 5.75 Å². The van der Waals surface area contributed by atoms with Crippen LogP contribution < -0.4 is 16.0 Å². The highest BCUT2D eigenvalue weighted by molar-refractivity contribution is 5.30. The molecule has 0 aromatic carbocycles. The van der Waals surface area contributed by atoms with Crippen molar-refractivity contribution in [3.05, 3.63) is 48.3 Å². The Labute approximate surface area is 112 Å². The topological polar surface area (TPSA) is 86.0 Å². The minimum atomic E-state index is -0.258. The molecule has 100 valence electrons. The van der Waals surface area contributed by atoms with Gasteiger partial charge in [0.2, 0.25) is 0 Å². The van der Waals surface area contributed by atoms with Gasteiger partial charge in [-0.25, -0.2) is 5.43 Å². The lowest BCUT2D eigenvalue weighted by Crippen LogP contribution is -2.29. The molecule has 0 spiro atoms. The van der Waals surface area contributed by atoms with Crippen LogP contribution in [0.5, 0.6) is 5.75 Å². The van der Waals surface area contributed by atoms with Gasteiger partial charge in [-0.2, -0.15) is 0 Å². The average molecular weight is 259 g/mol. The Morgan fingerprint density at radius 1 is 1.26 bits per heavy atom. The van der Waals surface area contributed by atoms with Crippen molar-refractivity contribution in [1.29, 1.82) is 0 Å². The third-order valence-corrected chi connectivity index (χ3v) is 2.59. The molecule has 2 heterocycles. The van der Waals surface area contributed by atoms with E-state index < -0.39 is 0 Å². The fraction of sp³-hybridized carbons (Fsp3) is 0.308. The molecule has 0 bridgehead atoms. The maximum Gasteiger partial charge on any atom is 0.137 e. The highest BCUT2D eigenvalue weighted by atomic mass is 16.5. The van der Waals surface area contributed by atoms with Crippen LogP contribution in [0, 0.1) is 0 Å². The van der Waals surface area contributed by atoms with Gasteiger partial charge in [0.05, 0.1) is 30.7 Å². The molecule has 19 heavy (non-hydrogen) atoms. The summed E-state index contributed by atoms with van der Waals surface area (Å²) in [6.07, 6.45) is 9.29. The van der Waals surface area contributed by atoms with Crippen LogP contribution in [0.1, 0.15) is 30.6 Å². The van der Waals surface area contributed by atoms with Gasteiger partial charge in [0, 0.05) is 18.6 Å². The second kappa shape index (κ2) is 6.77. The molecule has 0 aliphatic carbocycles. The van der Waals surface area contributed by atoms with E-state index in [1.54, 1.807) is 31.0 Å². The first kappa shape index (κ1) is 13.4. The second-order valence-corrected chi connectivity index (χ2v) is 4.03. The first-order chi connectivity index (χ1) is 9.35. The first-order valence-electron chi connectivity index (χ1n) is 6.15. The van der Waals surface area contributed by atoms with Gasteiger partial charge in [-0.05, 0) is 18.1 Å². The summed E-state index contributed by atoms with van der Waals surface area (Å²) in [4.78, 5) is 12.4. The van der Waals surface area contributed by atoms with Crippen LogP contribution in [0.2, 0.25) is 0 Å². The summed E-state index contributed by atoms with van der Waals surface area (Å²) in [5.41, 5.74) is 4.34. The van der Waals surface area contributed by atoms with E-state index >= 15 is 0 Å². The monoisotopic (exact) mass is 259 g/mol. The van der Waals surface area contributed by atoms with Crippen LogP contribution in [0.15, 0.2) is 37.1 Å². The molecule has 0 radical (unpaired) electrons. The SMILES string of the molecule is CCCOc1cncc(C(NN)c2cnccn2)c1. The van der Waals surface area contributed by atoms with E-state index in [1.807, 2.05) is 6.07 Å². The lowest BCUT2D eigenvalue weighted by atomic mass is 10.1. The number of nitrogens with zero attached hydrogens (tertiary/aromatic N) is 3. The Hall–Kier alpha value is -2.05. The molecule has 0 saturated carbocycles. The normalized spacial score (nSPS) is 12.1. The molecule has 1 atom stereocenters. The summed E-state index contributed by atoms with van der Waals surface area (Å²) >= 11 is 0. The molecule has 2 aromatic heterocycles. The molecule has 6 heteroatoms. The highest BCUT2D eigenvalue weighted by Crippen LogP contribution is 2.21. The van der Waals surface area contributed by atoms with Crippen molar-refractivity contribution in [3.63, 3.8) is 0 Å². The number of rotatable bonds is 6. The van der Waals surface area contributed by atoms with Crippen molar-refractivity contribution < 1.29 is 4.74 Å². The van der Waals surface area contributed by atoms with Crippen LogP contribution in [0.3, 0.4) is 0 Å². The summed E-state index contributed by atoms with van der Waals surface area (Å²) in [5, 5.41) is 0. The molecule has 0 aliphatic heterocycles. The predicted molar refractivity (Wildman–Crippen MR) is 71.2 cm³/mol. The lowest BCUT2D eigenvalue weighted by Gasteiger charge is -2.15. The van der Waals surface area contributed by atoms with Gasteiger partial charge in [-0.3, -0.25) is 20.8 Å². The molecule has 0 amide bonds. The van der Waals surface area contributed by atoms with Crippen LogP contribution in [-0.2, 0) is 0 Å². The maximum absolute atomic E-state index is 5.60. The van der Waals surface area contributed by atoms with E-state index in [2.05, 4.69) is 27.3 Å². The molecular formula is C13H17N5O. The number of aromatic nitrogens is 3. The third-order valence-electron chi connectivity index (χ3n) is 2.59. The van der Waals surface area contributed by atoms with E-state index in [1.165, 1.54) is 0 Å². The van der Waals surface area contributed by atoms with Crippen molar-refractivity contribution in [2.24, 2.45) is 5.84 Å². The van der Waals surface area contributed by atoms with Gasteiger partial charge in [0.15, 0.2) is 0 Å². The standard InChI is InChI=1S/C13H17N5O/c1-2-5-19-11-6-10(7-16-8-11)13(18-14)12-9-15-3-4-17-12/h3-4,6-9,13,18H,2,5,14H2,1H3. The number of hydrogen-bond donors (Lipinski definition) is 2. The number of hydrazine groups is 1. The molecule has 2 aromatic rings. The number of nitrogens with two attached hydrogens (primary N) is 1. The van der Waals surface area contributed by atoms with E-state index in [9.17, 15) is 0 Å². The van der Waals surface area contributed by atoms with Crippen molar-refractivity contribution in [3.8, 4) is 5.75 Å². The fourth-order valence-electron chi connectivity index (χ4n) is 1.70. The van der Waals surface area contributed by atoms with E-state index in [4.69, 9.17) is 10.6 Å². The number of ether oxygens (including phenoxy) is 1. The second-order valence-electron chi connectivity index (χ2n) is 4.03. The number of nitrogens with one attached hydrogen (secondary N) is 1. The number of pyridine rings is 1. The molecule has 0 saturated heterocycles. The van der Waals surface area contributed by atoms with Crippen LogP contribution in [0.25, 0.3) is 0 Å². The Kier molecular flexibility index (Phi) is 4.77. The molecule has 0 fully saturated rings. The van der Waals surface area contributed by atoms with E-state index in [-0.39, 0.29) is 6.04 Å². The third kappa shape index (κ3) is 3.46. The van der Waals surface area contributed by atoms with Gasteiger partial charge in [-0.15, -0.1) is 0 Å². The summed E-state index contributed by atoms with van der Waals surface area (Å²) < 4.78 is 5.56. The van der Waals surface area contributed by atoms with Crippen LogP contribution in [-0.4, -0.2) is 21.6 Å². The minimum Gasteiger partial charge on any atom is -0.492 e. The number of hydrogen-bond acceptors (Lipinski definition) is 6. The fourth-order valence-corrected chi connectivity index (χ4v) is 1.70. The maximum atomic E-state index is 5.60. The van der Waals surface area contributed by atoms with Crippen molar-refractivity contribution in [2.75, 3.05) is 6.61 Å². The minimum absolute atomic E-state index is 0.258. The van der Waals surface area contributed by atoms with Crippen molar-refractivity contribution in [1.82, 2.24) is 20.4 Å². The Bertz CT molecular complexity index is 505. The smallest absolute Gasteiger partial charge is 0.137 e. The zero-order chi connectivity index (χ0) is 13.5. The van der Waals surface area contributed by atoms with Crippen molar-refractivity contribution >= 4 is 0 Å². The Morgan fingerprint density at radius 3 is 2.84 bits per heavy atom. The summed E-state index contributed by atoms with van der Waals surface area (Å²) in [7, 11) is 0. The van der Waals surface area contributed by atoms with Gasteiger partial charge in [0.25, 0.3) is 0 Å². The lowest BCUT2D eigenvalue weighted by molar-refractivity contribution is 0.315. The molecule has 3 N–H and O–H groups in total. The molecule has 0 aliphatic rings. The molecule has 1 unspecified atom stereocenters. The van der Waals surface area contributed by atoms with E-state index in [0.29, 0.717) is 6.61 Å². The van der Waals surface area contributed by atoms with Gasteiger partial charge < -0.3 is 4.74 Å². The van der Waals surface area contributed by atoms with Gasteiger partial charge in [-0.1, -0.05) is 6.92 Å². The zero-order valence-corrected chi connectivity index (χ0v) is 10.8. The quantitative estimate of drug-likeness (QED) is 0.599. The van der Waals surface area contributed by atoms with Crippen molar-refractivity contribution in [2.45, 2.75) is 19.4 Å². The van der Waals surface area contributed by atoms with Crippen LogP contribution >= 0.6 is 0 Å². The van der Waals surface area contributed by atoms with Gasteiger partial charge >= 0.3 is 0 Å². The summed E-state index contributed by atoms with van der Waals surface area (Å²) in [5.74, 6) is 6.33.